The van der Waals surface area contributed by atoms with Crippen LogP contribution in [0.1, 0.15) is 56.3 Å². The molecule has 39 heavy (non-hydrogen) atoms. The molecule has 1 amide bonds. The molecule has 1 fully saturated rings. The maximum Gasteiger partial charge on any atom is 0.251 e. The summed E-state index contributed by atoms with van der Waals surface area (Å²) in [4.78, 5) is 32.1. The Morgan fingerprint density at radius 1 is 0.974 bits per heavy atom. The van der Waals surface area contributed by atoms with Crippen LogP contribution in [0.3, 0.4) is 0 Å². The Morgan fingerprint density at radius 2 is 1.74 bits per heavy atom. The third kappa shape index (κ3) is 6.43. The first kappa shape index (κ1) is 26.4. The zero-order valence-electron chi connectivity index (χ0n) is 22.0. The number of H-pyrrole nitrogens is 1. The standard InChI is InChI=1S/C32H33N5O2/c33-21-24-10-8-23(9-11-24)14-15-34-30(25-6-2-1-3-7-25)31(38)28-22-36-29-20-26(12-13-27(28)29)32(39)35-16-19-37-17-4-5-18-37/h1-3,6-13,20,22,30,34,36H,4-5,14-19H2,(H,35,39)/t30-/m0/s1. The highest BCUT2D eigenvalue weighted by molar-refractivity contribution is 6.11. The summed E-state index contributed by atoms with van der Waals surface area (Å²) in [5, 5.41) is 16.3. The maximum absolute atomic E-state index is 13.8. The highest BCUT2D eigenvalue weighted by Crippen LogP contribution is 2.26. The van der Waals surface area contributed by atoms with Gasteiger partial charge < -0.3 is 20.5 Å². The number of nitrogens with zero attached hydrogens (tertiary/aromatic N) is 2. The molecule has 5 rings (SSSR count). The SMILES string of the molecule is N#Cc1ccc(CCN[C@H](C(=O)c2c[nH]c3cc(C(=O)NCCN4CCCC4)ccc23)c2ccccc2)cc1. The lowest BCUT2D eigenvalue weighted by atomic mass is 9.96. The highest BCUT2D eigenvalue weighted by atomic mass is 16.1. The Hall–Kier alpha value is -4.25. The third-order valence-corrected chi connectivity index (χ3v) is 7.36. The molecule has 7 heteroatoms. The topological polar surface area (TPSA) is 101 Å². The van der Waals surface area contributed by atoms with Crippen molar-refractivity contribution in [3.8, 4) is 6.07 Å². The molecule has 2 heterocycles. The van der Waals surface area contributed by atoms with Crippen LogP contribution < -0.4 is 10.6 Å². The molecule has 7 nitrogen and oxygen atoms in total. The largest absolute Gasteiger partial charge is 0.360 e. The normalized spacial score (nSPS) is 14.2. The number of hydrogen-bond donors (Lipinski definition) is 3. The minimum Gasteiger partial charge on any atom is -0.360 e. The third-order valence-electron chi connectivity index (χ3n) is 7.36. The lowest BCUT2D eigenvalue weighted by Gasteiger charge is -2.18. The van der Waals surface area contributed by atoms with E-state index >= 15 is 0 Å². The Morgan fingerprint density at radius 3 is 2.49 bits per heavy atom. The van der Waals surface area contributed by atoms with Crippen LogP contribution in [0.25, 0.3) is 10.9 Å². The second-order valence-corrected chi connectivity index (χ2v) is 9.99. The van der Waals surface area contributed by atoms with Crippen molar-refractivity contribution in [3.63, 3.8) is 0 Å². The van der Waals surface area contributed by atoms with E-state index in [9.17, 15) is 9.59 Å². The zero-order chi connectivity index (χ0) is 27.0. The van der Waals surface area contributed by atoms with Gasteiger partial charge in [-0.3, -0.25) is 9.59 Å². The van der Waals surface area contributed by atoms with Gasteiger partial charge in [-0.2, -0.15) is 5.26 Å². The summed E-state index contributed by atoms with van der Waals surface area (Å²) >= 11 is 0. The monoisotopic (exact) mass is 519 g/mol. The summed E-state index contributed by atoms with van der Waals surface area (Å²) in [7, 11) is 0. The smallest absolute Gasteiger partial charge is 0.251 e. The fourth-order valence-electron chi connectivity index (χ4n) is 5.18. The van der Waals surface area contributed by atoms with Crippen LogP contribution in [-0.2, 0) is 6.42 Å². The number of ketones is 1. The summed E-state index contributed by atoms with van der Waals surface area (Å²) in [6.45, 7) is 4.30. The lowest BCUT2D eigenvalue weighted by Crippen LogP contribution is -2.33. The van der Waals surface area contributed by atoms with Crippen molar-refractivity contribution >= 4 is 22.6 Å². The number of fused-ring (bicyclic) bond motifs is 1. The molecular formula is C32H33N5O2. The highest BCUT2D eigenvalue weighted by Gasteiger charge is 2.24. The van der Waals surface area contributed by atoms with Crippen molar-refractivity contribution in [1.29, 1.82) is 5.26 Å². The molecule has 1 aromatic heterocycles. The molecule has 0 aliphatic carbocycles. The lowest BCUT2D eigenvalue weighted by molar-refractivity contribution is 0.0939. The van der Waals surface area contributed by atoms with Crippen molar-refractivity contribution in [2.75, 3.05) is 32.7 Å². The van der Waals surface area contributed by atoms with Crippen molar-refractivity contribution in [1.82, 2.24) is 20.5 Å². The van der Waals surface area contributed by atoms with E-state index in [1.54, 1.807) is 12.3 Å². The first-order valence-corrected chi connectivity index (χ1v) is 13.6. The molecule has 198 valence electrons. The Labute approximate surface area is 228 Å². The molecule has 4 aromatic rings. The van der Waals surface area contributed by atoms with Gasteiger partial charge in [0.25, 0.3) is 5.91 Å². The van der Waals surface area contributed by atoms with Gasteiger partial charge >= 0.3 is 0 Å². The molecule has 0 spiro atoms. The van der Waals surface area contributed by atoms with Crippen molar-refractivity contribution in [3.05, 3.63) is 107 Å². The van der Waals surface area contributed by atoms with E-state index in [2.05, 4.69) is 26.6 Å². The van der Waals surface area contributed by atoms with Crippen LogP contribution in [0.4, 0.5) is 0 Å². The fourth-order valence-corrected chi connectivity index (χ4v) is 5.18. The van der Waals surface area contributed by atoms with Crippen molar-refractivity contribution < 1.29 is 9.59 Å². The predicted molar refractivity (Wildman–Crippen MR) is 153 cm³/mol. The molecule has 0 saturated carbocycles. The molecular weight excluding hydrogens is 486 g/mol. The fraction of sp³-hybridized carbons (Fsp3) is 0.281. The van der Waals surface area contributed by atoms with E-state index in [0.29, 0.717) is 29.8 Å². The van der Waals surface area contributed by atoms with Gasteiger partial charge in [0, 0.05) is 47.9 Å². The number of likely N-dealkylation sites (tertiary alicyclic amines) is 1. The molecule has 0 radical (unpaired) electrons. The van der Waals surface area contributed by atoms with Crippen LogP contribution in [0.5, 0.6) is 0 Å². The second-order valence-electron chi connectivity index (χ2n) is 9.99. The molecule has 1 atom stereocenters. The van der Waals surface area contributed by atoms with Crippen LogP contribution in [0.2, 0.25) is 0 Å². The molecule has 1 aliphatic rings. The van der Waals surface area contributed by atoms with Gasteiger partial charge in [-0.25, -0.2) is 0 Å². The average molecular weight is 520 g/mol. The Bertz CT molecular complexity index is 1460. The van der Waals surface area contributed by atoms with Crippen LogP contribution >= 0.6 is 0 Å². The van der Waals surface area contributed by atoms with Crippen LogP contribution in [0.15, 0.2) is 79.0 Å². The van der Waals surface area contributed by atoms with Gasteiger partial charge in [0.15, 0.2) is 5.78 Å². The first-order chi connectivity index (χ1) is 19.1. The number of nitrogens with one attached hydrogen (secondary N) is 3. The number of rotatable bonds is 11. The second kappa shape index (κ2) is 12.5. The summed E-state index contributed by atoms with van der Waals surface area (Å²) in [5.41, 5.74) is 4.54. The number of nitriles is 1. The molecule has 0 unspecified atom stereocenters. The summed E-state index contributed by atoms with van der Waals surface area (Å²) in [6, 6.07) is 24.3. The number of aromatic amines is 1. The van der Waals surface area contributed by atoms with E-state index in [-0.39, 0.29) is 11.7 Å². The molecule has 3 N–H and O–H groups in total. The van der Waals surface area contributed by atoms with E-state index in [1.807, 2.05) is 66.7 Å². The molecule has 0 bridgehead atoms. The summed E-state index contributed by atoms with van der Waals surface area (Å²) in [6.07, 6.45) is 4.93. The van der Waals surface area contributed by atoms with Gasteiger partial charge in [0.1, 0.15) is 0 Å². The van der Waals surface area contributed by atoms with E-state index in [4.69, 9.17) is 5.26 Å². The minimum atomic E-state index is -0.517. The minimum absolute atomic E-state index is 0.0323. The van der Waals surface area contributed by atoms with Gasteiger partial charge in [-0.15, -0.1) is 0 Å². The van der Waals surface area contributed by atoms with Crippen LogP contribution in [-0.4, -0.2) is 54.3 Å². The van der Waals surface area contributed by atoms with Gasteiger partial charge in [0.05, 0.1) is 17.7 Å². The van der Waals surface area contributed by atoms with Gasteiger partial charge in [-0.05, 0) is 67.7 Å². The van der Waals surface area contributed by atoms with E-state index in [0.717, 1.165) is 48.1 Å². The van der Waals surface area contributed by atoms with E-state index in [1.165, 1.54) is 12.8 Å². The quantitative estimate of drug-likeness (QED) is 0.251. The number of amides is 1. The number of aromatic nitrogens is 1. The zero-order valence-corrected chi connectivity index (χ0v) is 22.0. The predicted octanol–water partition coefficient (Wildman–Crippen LogP) is 4.62. The van der Waals surface area contributed by atoms with Crippen molar-refractivity contribution in [2.24, 2.45) is 0 Å². The van der Waals surface area contributed by atoms with Crippen molar-refractivity contribution in [2.45, 2.75) is 25.3 Å². The van der Waals surface area contributed by atoms with Gasteiger partial charge in [0.2, 0.25) is 0 Å². The summed E-state index contributed by atoms with van der Waals surface area (Å²) in [5.74, 6) is -0.139. The first-order valence-electron chi connectivity index (χ1n) is 13.6. The number of Topliss-reactive ketones (excluding diaryl/α,β-unsaturated/α-hetero) is 1. The Kier molecular flexibility index (Phi) is 8.47. The van der Waals surface area contributed by atoms with Crippen LogP contribution in [0, 0.1) is 11.3 Å². The molecule has 1 saturated heterocycles. The molecule has 3 aromatic carbocycles. The number of carbonyl (C=O) groups excluding carboxylic acids is 2. The number of benzene rings is 3. The van der Waals surface area contributed by atoms with E-state index < -0.39 is 6.04 Å². The average Bonchev–Trinajstić information content (AvgIpc) is 3.65. The molecule has 1 aliphatic heterocycles. The number of hydrogen-bond acceptors (Lipinski definition) is 5. The number of carbonyl (C=O) groups is 2. The maximum atomic E-state index is 13.8. The summed E-state index contributed by atoms with van der Waals surface area (Å²) < 4.78 is 0. The van der Waals surface area contributed by atoms with Gasteiger partial charge in [-0.1, -0.05) is 48.5 Å². The Balaban J connectivity index is 1.28.